The molecule has 0 aliphatic heterocycles. The average molecular weight is 264 g/mol. The number of phenolic OH excluding ortho intramolecular Hbond substituents is 1. The Morgan fingerprint density at radius 1 is 1.58 bits per heavy atom. The van der Waals surface area contributed by atoms with Gasteiger partial charge >= 0.3 is 5.69 Å². The molecule has 1 N–H and O–H groups in total. The second-order valence-corrected chi connectivity index (χ2v) is 4.30. The summed E-state index contributed by atoms with van der Waals surface area (Å²) < 4.78 is 0. The highest BCUT2D eigenvalue weighted by Crippen LogP contribution is 2.27. The highest BCUT2D eigenvalue weighted by molar-refractivity contribution is 5.95. The van der Waals surface area contributed by atoms with Gasteiger partial charge in [-0.25, -0.2) is 0 Å². The molecule has 0 atom stereocenters. The lowest BCUT2D eigenvalue weighted by atomic mass is 10.1. The molecule has 6 nitrogen and oxygen atoms in total. The number of nitro benzene ring substituents is 1. The van der Waals surface area contributed by atoms with Gasteiger partial charge in [-0.05, 0) is 26.0 Å². The number of rotatable bonds is 5. The van der Waals surface area contributed by atoms with Crippen LogP contribution in [0, 0.1) is 10.1 Å². The van der Waals surface area contributed by atoms with E-state index in [2.05, 4.69) is 6.58 Å². The third-order valence-electron chi connectivity index (χ3n) is 2.63. The number of hydrogen-bond donors (Lipinski definition) is 1. The molecule has 0 radical (unpaired) electrons. The number of phenols is 1. The quantitative estimate of drug-likeness (QED) is 0.502. The molecule has 0 aliphatic rings. The zero-order valence-electron chi connectivity index (χ0n) is 10.9. The van der Waals surface area contributed by atoms with Crippen LogP contribution < -0.4 is 0 Å². The van der Waals surface area contributed by atoms with Crippen molar-refractivity contribution < 1.29 is 14.8 Å². The fraction of sp³-hybridized carbons (Fsp3) is 0.308. The lowest BCUT2D eigenvalue weighted by Crippen LogP contribution is -2.37. The highest BCUT2D eigenvalue weighted by atomic mass is 16.6. The van der Waals surface area contributed by atoms with Crippen LogP contribution in [0.4, 0.5) is 5.69 Å². The van der Waals surface area contributed by atoms with E-state index < -0.39 is 16.4 Å². The number of hydrogen-bond acceptors (Lipinski definition) is 4. The Morgan fingerprint density at radius 3 is 2.63 bits per heavy atom. The van der Waals surface area contributed by atoms with Crippen LogP contribution in [-0.2, 0) is 0 Å². The monoisotopic (exact) mass is 264 g/mol. The highest BCUT2D eigenvalue weighted by Gasteiger charge is 2.21. The first-order valence-electron chi connectivity index (χ1n) is 5.77. The third kappa shape index (κ3) is 3.31. The van der Waals surface area contributed by atoms with Gasteiger partial charge in [0.2, 0.25) is 0 Å². The summed E-state index contributed by atoms with van der Waals surface area (Å²) in [4.78, 5) is 23.6. The predicted octanol–water partition coefficient (Wildman–Crippen LogP) is 2.34. The summed E-state index contributed by atoms with van der Waals surface area (Å²) in [7, 11) is 0. The number of aromatic hydroxyl groups is 1. The van der Waals surface area contributed by atoms with Crippen LogP contribution in [0.5, 0.6) is 5.75 Å². The summed E-state index contributed by atoms with van der Waals surface area (Å²) in [6, 6.07) is 3.52. The van der Waals surface area contributed by atoms with Crippen molar-refractivity contribution in [1.82, 2.24) is 4.90 Å². The molecule has 0 heterocycles. The maximum Gasteiger partial charge on any atom is 0.310 e. The summed E-state index contributed by atoms with van der Waals surface area (Å²) in [6.45, 7) is 7.66. The molecule has 6 heteroatoms. The lowest BCUT2D eigenvalue weighted by Gasteiger charge is -2.25. The topological polar surface area (TPSA) is 83.7 Å². The van der Waals surface area contributed by atoms with Crippen molar-refractivity contribution >= 4 is 11.6 Å². The smallest absolute Gasteiger partial charge is 0.310 e. The van der Waals surface area contributed by atoms with Crippen LogP contribution in [0.25, 0.3) is 0 Å². The first-order valence-corrected chi connectivity index (χ1v) is 5.77. The van der Waals surface area contributed by atoms with E-state index in [0.717, 1.165) is 12.1 Å². The molecule has 0 saturated heterocycles. The molecule has 0 aliphatic carbocycles. The fourth-order valence-corrected chi connectivity index (χ4v) is 1.64. The number of nitrogens with zero attached hydrogens (tertiary/aromatic N) is 2. The van der Waals surface area contributed by atoms with E-state index in [9.17, 15) is 20.0 Å². The minimum Gasteiger partial charge on any atom is -0.502 e. The molecule has 1 rings (SSSR count). The van der Waals surface area contributed by atoms with Gasteiger partial charge in [0.15, 0.2) is 5.75 Å². The maximum absolute atomic E-state index is 12.2. The Balaban J connectivity index is 3.09. The van der Waals surface area contributed by atoms with E-state index in [1.54, 1.807) is 11.0 Å². The van der Waals surface area contributed by atoms with Crippen molar-refractivity contribution in [2.24, 2.45) is 0 Å². The molecule has 0 fully saturated rings. The predicted molar refractivity (Wildman–Crippen MR) is 71.1 cm³/mol. The summed E-state index contributed by atoms with van der Waals surface area (Å²) in [5.41, 5.74) is -0.213. The second kappa shape index (κ2) is 5.99. The molecule has 0 unspecified atom stereocenters. The summed E-state index contributed by atoms with van der Waals surface area (Å²) in [5, 5.41) is 20.1. The minimum atomic E-state index is -0.701. The van der Waals surface area contributed by atoms with Crippen LogP contribution in [-0.4, -0.2) is 33.4 Å². The molecule has 102 valence electrons. The molecule has 0 aromatic heterocycles. The SMILES string of the molecule is C=CCN(C(=O)c1ccc([N+](=O)[O-])c(O)c1)C(C)C. The molecule has 1 aromatic carbocycles. The van der Waals surface area contributed by atoms with Gasteiger partial charge in [0.1, 0.15) is 0 Å². The zero-order chi connectivity index (χ0) is 14.6. The molecule has 19 heavy (non-hydrogen) atoms. The molecular weight excluding hydrogens is 248 g/mol. The average Bonchev–Trinajstić information content (AvgIpc) is 2.34. The zero-order valence-corrected chi connectivity index (χ0v) is 10.9. The Kier molecular flexibility index (Phi) is 4.63. The lowest BCUT2D eigenvalue weighted by molar-refractivity contribution is -0.385. The standard InChI is InChI=1S/C13H16N2O4/c1-4-7-14(9(2)3)13(17)10-5-6-11(15(18)19)12(16)8-10/h4-6,8-9,16H,1,7H2,2-3H3. The Labute approximate surface area is 111 Å². The van der Waals surface area contributed by atoms with Crippen molar-refractivity contribution in [3.8, 4) is 5.75 Å². The Morgan fingerprint density at radius 2 is 2.21 bits per heavy atom. The largest absolute Gasteiger partial charge is 0.502 e. The van der Waals surface area contributed by atoms with Crippen molar-refractivity contribution in [3.63, 3.8) is 0 Å². The summed E-state index contributed by atoms with van der Waals surface area (Å²) in [5.74, 6) is -0.821. The van der Waals surface area contributed by atoms with Gasteiger partial charge in [0.05, 0.1) is 4.92 Å². The first-order chi connectivity index (χ1) is 8.88. The van der Waals surface area contributed by atoms with E-state index in [1.807, 2.05) is 13.8 Å². The summed E-state index contributed by atoms with van der Waals surface area (Å²) >= 11 is 0. The van der Waals surface area contributed by atoms with E-state index in [1.165, 1.54) is 6.07 Å². The van der Waals surface area contributed by atoms with Gasteiger partial charge in [0.25, 0.3) is 5.91 Å². The van der Waals surface area contributed by atoms with Gasteiger partial charge in [-0.1, -0.05) is 6.08 Å². The van der Waals surface area contributed by atoms with Gasteiger partial charge in [0, 0.05) is 24.2 Å². The van der Waals surface area contributed by atoms with Crippen LogP contribution in [0.3, 0.4) is 0 Å². The molecule has 0 bridgehead atoms. The first kappa shape index (κ1) is 14.7. The van der Waals surface area contributed by atoms with Crippen molar-refractivity contribution in [1.29, 1.82) is 0 Å². The molecule has 0 spiro atoms. The molecule has 0 saturated carbocycles. The number of benzene rings is 1. The van der Waals surface area contributed by atoms with Gasteiger partial charge < -0.3 is 10.0 Å². The van der Waals surface area contributed by atoms with E-state index in [4.69, 9.17) is 0 Å². The van der Waals surface area contributed by atoms with Crippen molar-refractivity contribution in [2.75, 3.05) is 6.54 Å². The molecule has 1 aromatic rings. The van der Waals surface area contributed by atoms with Crippen molar-refractivity contribution in [2.45, 2.75) is 19.9 Å². The molecule has 1 amide bonds. The Hall–Kier alpha value is -2.37. The number of amides is 1. The van der Waals surface area contributed by atoms with Crippen LogP contribution in [0.1, 0.15) is 24.2 Å². The maximum atomic E-state index is 12.2. The summed E-state index contributed by atoms with van der Waals surface area (Å²) in [6.07, 6.45) is 1.60. The third-order valence-corrected chi connectivity index (χ3v) is 2.63. The number of carbonyl (C=O) groups is 1. The van der Waals surface area contributed by atoms with Crippen molar-refractivity contribution in [3.05, 3.63) is 46.5 Å². The normalized spacial score (nSPS) is 10.3. The van der Waals surface area contributed by atoms with Gasteiger partial charge in [-0.3, -0.25) is 14.9 Å². The van der Waals surface area contributed by atoms with E-state index in [0.29, 0.717) is 6.54 Å². The minimum absolute atomic E-state index is 0.0390. The van der Waals surface area contributed by atoms with Crippen LogP contribution in [0.2, 0.25) is 0 Å². The van der Waals surface area contributed by atoms with Gasteiger partial charge in [-0.15, -0.1) is 6.58 Å². The van der Waals surface area contributed by atoms with Crippen LogP contribution >= 0.6 is 0 Å². The number of carbonyl (C=O) groups excluding carboxylic acids is 1. The van der Waals surface area contributed by atoms with Crippen LogP contribution in [0.15, 0.2) is 30.9 Å². The Bertz CT molecular complexity index is 511. The van der Waals surface area contributed by atoms with E-state index in [-0.39, 0.29) is 17.5 Å². The molecular formula is C13H16N2O4. The van der Waals surface area contributed by atoms with E-state index >= 15 is 0 Å². The fourth-order valence-electron chi connectivity index (χ4n) is 1.64. The second-order valence-electron chi connectivity index (χ2n) is 4.30. The number of nitro groups is 1. The van der Waals surface area contributed by atoms with Gasteiger partial charge in [-0.2, -0.15) is 0 Å².